The number of allylic oxidation sites excluding steroid dienone is 1. The molecule has 1 nitrogen and oxygen atoms in total. The van der Waals surface area contributed by atoms with Crippen LogP contribution in [-0.4, -0.2) is 5.78 Å². The quantitative estimate of drug-likeness (QED) is 0.529. The van der Waals surface area contributed by atoms with Gasteiger partial charge >= 0.3 is 0 Å². The summed E-state index contributed by atoms with van der Waals surface area (Å²) in [6.45, 7) is 13.3. The van der Waals surface area contributed by atoms with Gasteiger partial charge in [-0.3, -0.25) is 4.79 Å². The molecule has 2 aromatic carbocycles. The van der Waals surface area contributed by atoms with E-state index in [1.165, 1.54) is 52.6 Å². The summed E-state index contributed by atoms with van der Waals surface area (Å²) in [5.74, 6) is 0.0185. The van der Waals surface area contributed by atoms with E-state index in [2.05, 4.69) is 74.5 Å². The van der Waals surface area contributed by atoms with Crippen LogP contribution in [0.4, 0.5) is 0 Å². The highest BCUT2D eigenvalue weighted by Gasteiger charge is 2.00. The predicted octanol–water partition coefficient (Wildman–Crippen LogP) is 6.77. The number of benzene rings is 2. The van der Waals surface area contributed by atoms with Crippen molar-refractivity contribution in [1.29, 1.82) is 0 Å². The van der Waals surface area contributed by atoms with Gasteiger partial charge < -0.3 is 0 Å². The fourth-order valence-electron chi connectivity index (χ4n) is 2.00. The molecule has 0 amide bonds. The Morgan fingerprint density at radius 3 is 1.83 bits per heavy atom. The third kappa shape index (κ3) is 10.2. The lowest BCUT2D eigenvalue weighted by atomic mass is 10.0. The van der Waals surface area contributed by atoms with E-state index in [0.717, 1.165) is 0 Å². The maximum Gasteiger partial charge on any atom is 0.152 e. The van der Waals surface area contributed by atoms with Gasteiger partial charge in [-0.2, -0.15) is 0 Å². The Morgan fingerprint density at radius 1 is 1.08 bits per heavy atom. The molecule has 130 valence electrons. The molecule has 0 saturated carbocycles. The Labute approximate surface area is 155 Å². The molecular weight excluding hydrogens is 360 g/mol. The molecule has 24 heavy (non-hydrogen) atoms. The third-order valence-corrected chi connectivity index (χ3v) is 4.51. The van der Waals surface area contributed by atoms with Crippen LogP contribution in [-0.2, 0) is 11.2 Å². The second kappa shape index (κ2) is 12.7. The lowest BCUT2D eigenvalue weighted by Gasteiger charge is -2.06. The first-order valence-corrected chi connectivity index (χ1v) is 9.01. The summed E-state index contributed by atoms with van der Waals surface area (Å²) >= 11 is 3.56. The smallest absolute Gasteiger partial charge is 0.152 e. The molecule has 2 heteroatoms. The van der Waals surface area contributed by atoms with Crippen molar-refractivity contribution in [2.24, 2.45) is 0 Å². The van der Waals surface area contributed by atoms with E-state index in [1.807, 2.05) is 18.2 Å². The van der Waals surface area contributed by atoms with Gasteiger partial charge in [-0.15, -0.1) is 0 Å². The van der Waals surface area contributed by atoms with Gasteiger partial charge in [0.25, 0.3) is 0 Å². The summed E-state index contributed by atoms with van der Waals surface area (Å²) in [5, 5.41) is 0. The van der Waals surface area contributed by atoms with Crippen LogP contribution in [0.1, 0.15) is 42.5 Å². The summed E-state index contributed by atoms with van der Waals surface area (Å²) in [5.41, 5.74) is 5.47. The normalized spacial score (nSPS) is 9.08. The van der Waals surface area contributed by atoms with Gasteiger partial charge in [-0.25, -0.2) is 0 Å². The van der Waals surface area contributed by atoms with Crippen molar-refractivity contribution in [3.63, 3.8) is 0 Å². The monoisotopic (exact) mass is 388 g/mol. The zero-order valence-corrected chi connectivity index (χ0v) is 17.1. The molecule has 0 heterocycles. The molecule has 0 saturated heterocycles. The molecule has 0 bridgehead atoms. The van der Waals surface area contributed by atoms with Crippen molar-refractivity contribution in [1.82, 2.24) is 0 Å². The SMILES string of the molecule is C=CC(C)=O.CCCc1cc(C)c(Br)c(C)c1.Cc1ccccc1. The minimum absolute atomic E-state index is 0.0185. The Bertz CT molecular complexity index is 607. The number of carbonyl (C=O) groups is 1. The molecule has 0 spiro atoms. The summed E-state index contributed by atoms with van der Waals surface area (Å²) < 4.78 is 1.25. The van der Waals surface area contributed by atoms with Crippen LogP contribution in [0.2, 0.25) is 0 Å². The van der Waals surface area contributed by atoms with Crippen molar-refractivity contribution in [3.05, 3.63) is 81.8 Å². The van der Waals surface area contributed by atoms with Gasteiger partial charge in [0.15, 0.2) is 5.78 Å². The largest absolute Gasteiger partial charge is 0.295 e. The highest BCUT2D eigenvalue weighted by molar-refractivity contribution is 9.10. The van der Waals surface area contributed by atoms with Gasteiger partial charge in [0.1, 0.15) is 0 Å². The first kappa shape index (κ1) is 22.3. The molecule has 0 aliphatic carbocycles. The number of aryl methyl sites for hydroxylation is 4. The molecule has 0 fully saturated rings. The average molecular weight is 389 g/mol. The lowest BCUT2D eigenvalue weighted by molar-refractivity contribution is -0.112. The minimum atomic E-state index is 0.0185. The Morgan fingerprint density at radius 2 is 1.54 bits per heavy atom. The summed E-state index contributed by atoms with van der Waals surface area (Å²) in [6.07, 6.45) is 3.69. The maximum absolute atomic E-state index is 9.69. The predicted molar refractivity (Wildman–Crippen MR) is 110 cm³/mol. The van der Waals surface area contributed by atoms with Crippen LogP contribution < -0.4 is 0 Å². The van der Waals surface area contributed by atoms with Crippen molar-refractivity contribution in [2.45, 2.75) is 47.5 Å². The van der Waals surface area contributed by atoms with E-state index < -0.39 is 0 Å². The fraction of sp³-hybridized carbons (Fsp3) is 0.318. The van der Waals surface area contributed by atoms with E-state index in [-0.39, 0.29) is 5.78 Å². The van der Waals surface area contributed by atoms with Crippen molar-refractivity contribution in [3.8, 4) is 0 Å². The second-order valence-corrected chi connectivity index (χ2v) is 6.56. The molecule has 2 rings (SSSR count). The Hall–Kier alpha value is -1.67. The standard InChI is InChI=1S/C11H15Br.C7H8.C4H6O/c1-4-5-10-6-8(2)11(12)9(3)7-10;1-7-5-3-2-4-6-7;1-3-4(2)5/h6-7H,4-5H2,1-3H3;2-6H,1H3;3H,1H2,2H3. The Kier molecular flexibility index (Phi) is 11.8. The number of hydrogen-bond acceptors (Lipinski definition) is 1. The van der Waals surface area contributed by atoms with Crippen LogP contribution in [0.25, 0.3) is 0 Å². The molecule has 0 aromatic heterocycles. The van der Waals surface area contributed by atoms with Gasteiger partial charge in [-0.1, -0.05) is 83.9 Å². The number of ketones is 1. The molecule has 0 aliphatic heterocycles. The van der Waals surface area contributed by atoms with Crippen molar-refractivity contribution in [2.75, 3.05) is 0 Å². The highest BCUT2D eigenvalue weighted by Crippen LogP contribution is 2.22. The highest BCUT2D eigenvalue weighted by atomic mass is 79.9. The number of halogens is 1. The molecule has 2 aromatic rings. The molecular formula is C22H29BrO. The van der Waals surface area contributed by atoms with E-state index in [4.69, 9.17) is 0 Å². The summed E-state index contributed by atoms with van der Waals surface area (Å²) in [4.78, 5) is 9.69. The third-order valence-electron chi connectivity index (χ3n) is 3.26. The summed E-state index contributed by atoms with van der Waals surface area (Å²) in [7, 11) is 0. The topological polar surface area (TPSA) is 17.1 Å². The maximum atomic E-state index is 9.69. The van der Waals surface area contributed by atoms with E-state index in [9.17, 15) is 4.79 Å². The fourth-order valence-corrected chi connectivity index (χ4v) is 2.23. The molecule has 0 N–H and O–H groups in total. The number of rotatable bonds is 3. The van der Waals surface area contributed by atoms with Gasteiger partial charge in [0.05, 0.1) is 0 Å². The van der Waals surface area contributed by atoms with Crippen LogP contribution >= 0.6 is 15.9 Å². The van der Waals surface area contributed by atoms with Crippen LogP contribution in [0.15, 0.2) is 59.6 Å². The van der Waals surface area contributed by atoms with Gasteiger partial charge in [-0.05, 0) is 56.9 Å². The first-order chi connectivity index (χ1) is 11.3. The average Bonchev–Trinajstić information content (AvgIpc) is 2.55. The van der Waals surface area contributed by atoms with Crippen molar-refractivity contribution < 1.29 is 4.79 Å². The van der Waals surface area contributed by atoms with Crippen molar-refractivity contribution >= 4 is 21.7 Å². The zero-order chi connectivity index (χ0) is 18.5. The second-order valence-electron chi connectivity index (χ2n) is 5.76. The lowest BCUT2D eigenvalue weighted by Crippen LogP contribution is -1.88. The molecule has 0 atom stereocenters. The first-order valence-electron chi connectivity index (χ1n) is 8.22. The Balaban J connectivity index is 0.000000373. The molecule has 0 radical (unpaired) electrons. The van der Waals surface area contributed by atoms with E-state index >= 15 is 0 Å². The van der Waals surface area contributed by atoms with E-state index in [1.54, 1.807) is 0 Å². The zero-order valence-electron chi connectivity index (χ0n) is 15.5. The number of hydrogen-bond donors (Lipinski definition) is 0. The minimum Gasteiger partial charge on any atom is -0.295 e. The van der Waals surface area contributed by atoms with Crippen LogP contribution in [0.5, 0.6) is 0 Å². The number of carbonyl (C=O) groups excluding carboxylic acids is 1. The summed E-state index contributed by atoms with van der Waals surface area (Å²) in [6, 6.07) is 14.8. The molecule has 0 aliphatic rings. The van der Waals surface area contributed by atoms with Crippen LogP contribution in [0.3, 0.4) is 0 Å². The van der Waals surface area contributed by atoms with Gasteiger partial charge in [0, 0.05) is 4.47 Å². The van der Waals surface area contributed by atoms with Crippen LogP contribution in [0, 0.1) is 20.8 Å². The van der Waals surface area contributed by atoms with Gasteiger partial charge in [0.2, 0.25) is 0 Å². The van der Waals surface area contributed by atoms with E-state index in [0.29, 0.717) is 0 Å². The molecule has 0 unspecified atom stereocenters.